The van der Waals surface area contributed by atoms with Gasteiger partial charge in [0.2, 0.25) is 9.84 Å². The molecule has 2 aromatic heterocycles. The Morgan fingerprint density at radius 3 is 2.46 bits per heavy atom. The maximum Gasteiger partial charge on any atom is 0.422 e. The number of fused-ring (bicyclic) bond motifs is 1. The summed E-state index contributed by atoms with van der Waals surface area (Å²) in [5, 5.41) is 3.48. The minimum Gasteiger partial charge on any atom is -0.484 e. The highest BCUT2D eigenvalue weighted by atomic mass is 32.2. The summed E-state index contributed by atoms with van der Waals surface area (Å²) in [6, 6.07) is 11.0. The zero-order valence-electron chi connectivity index (χ0n) is 17.8. The van der Waals surface area contributed by atoms with Gasteiger partial charge in [-0.25, -0.2) is 12.8 Å². The summed E-state index contributed by atoms with van der Waals surface area (Å²) < 4.78 is 81.2. The molecule has 35 heavy (non-hydrogen) atoms. The van der Waals surface area contributed by atoms with Gasteiger partial charge in [0.05, 0.1) is 9.79 Å². The molecule has 0 aliphatic rings. The number of sulfone groups is 1. The van der Waals surface area contributed by atoms with Crippen molar-refractivity contribution in [2.75, 3.05) is 6.61 Å². The van der Waals surface area contributed by atoms with Crippen LogP contribution in [0.15, 0.2) is 76.8 Å². The van der Waals surface area contributed by atoms with Gasteiger partial charge in [0.15, 0.2) is 6.61 Å². The maximum absolute atomic E-state index is 13.9. The first-order chi connectivity index (χ1) is 16.5. The van der Waals surface area contributed by atoms with E-state index in [1.807, 2.05) is 0 Å². The van der Waals surface area contributed by atoms with Crippen LogP contribution in [0.2, 0.25) is 0 Å². The van der Waals surface area contributed by atoms with Crippen LogP contribution in [0.1, 0.15) is 16.1 Å². The lowest BCUT2D eigenvalue weighted by molar-refractivity contribution is -0.153. The Kier molecular flexibility index (Phi) is 6.48. The molecule has 0 saturated carbocycles. The number of carbonyl (C=O) groups is 1. The molecule has 4 rings (SSSR count). The summed E-state index contributed by atoms with van der Waals surface area (Å²) in [5.74, 6) is -1.99. The smallest absolute Gasteiger partial charge is 0.422 e. The molecule has 0 spiro atoms. The molecule has 0 saturated heterocycles. The van der Waals surface area contributed by atoms with Crippen molar-refractivity contribution >= 4 is 26.6 Å². The number of aromatic nitrogens is 2. The fourth-order valence-corrected chi connectivity index (χ4v) is 4.54. The second kappa shape index (κ2) is 9.37. The van der Waals surface area contributed by atoms with Crippen LogP contribution in [-0.4, -0.2) is 37.1 Å². The molecular weight excluding hydrogens is 490 g/mol. The van der Waals surface area contributed by atoms with Crippen LogP contribution in [0.25, 0.3) is 10.9 Å². The topological polar surface area (TPSA) is 101 Å². The number of alkyl halides is 3. The maximum atomic E-state index is 13.9. The van der Waals surface area contributed by atoms with Gasteiger partial charge in [-0.05, 0) is 42.0 Å². The number of rotatable bonds is 7. The molecular formula is C23H17F4N3O4S. The highest BCUT2D eigenvalue weighted by Crippen LogP contribution is 2.27. The van der Waals surface area contributed by atoms with Crippen molar-refractivity contribution in [3.05, 3.63) is 84.1 Å². The molecule has 0 unspecified atom stereocenters. The molecule has 2 aromatic carbocycles. The lowest BCUT2D eigenvalue weighted by atomic mass is 10.2. The van der Waals surface area contributed by atoms with Gasteiger partial charge < -0.3 is 15.0 Å². The van der Waals surface area contributed by atoms with E-state index in [-0.39, 0.29) is 17.3 Å². The number of hydrogen-bond acceptors (Lipinski definition) is 5. The van der Waals surface area contributed by atoms with E-state index in [4.69, 9.17) is 0 Å². The number of aromatic amines is 1. The van der Waals surface area contributed by atoms with Crippen molar-refractivity contribution in [1.29, 1.82) is 0 Å². The van der Waals surface area contributed by atoms with Gasteiger partial charge in [0.1, 0.15) is 17.3 Å². The van der Waals surface area contributed by atoms with E-state index in [1.54, 1.807) is 24.5 Å². The van der Waals surface area contributed by atoms with E-state index in [9.17, 15) is 30.8 Å². The van der Waals surface area contributed by atoms with E-state index < -0.39 is 39.1 Å². The first kappa shape index (κ1) is 24.2. The number of nitrogens with zero attached hydrogens (tertiary/aromatic N) is 1. The highest BCUT2D eigenvalue weighted by molar-refractivity contribution is 7.91. The fraction of sp³-hybridized carbons (Fsp3) is 0.130. The Balaban J connectivity index is 1.45. The van der Waals surface area contributed by atoms with Crippen molar-refractivity contribution in [2.45, 2.75) is 22.5 Å². The second-order valence-corrected chi connectivity index (χ2v) is 9.45. The number of H-pyrrole nitrogens is 1. The number of amides is 1. The lowest BCUT2D eigenvalue weighted by Gasteiger charge is -2.11. The van der Waals surface area contributed by atoms with Crippen molar-refractivity contribution in [1.82, 2.24) is 15.3 Å². The summed E-state index contributed by atoms with van der Waals surface area (Å²) in [6.45, 7) is -1.59. The summed E-state index contributed by atoms with van der Waals surface area (Å²) >= 11 is 0. The first-order valence-electron chi connectivity index (χ1n) is 10.1. The minimum atomic E-state index is -4.66. The molecule has 0 atom stereocenters. The number of ether oxygens (including phenoxy) is 1. The van der Waals surface area contributed by atoms with Crippen LogP contribution < -0.4 is 10.1 Å². The van der Waals surface area contributed by atoms with Crippen molar-refractivity contribution in [3.8, 4) is 5.75 Å². The van der Waals surface area contributed by atoms with Gasteiger partial charge in [-0.3, -0.25) is 9.78 Å². The molecule has 0 aliphatic heterocycles. The molecule has 0 radical (unpaired) electrons. The lowest BCUT2D eigenvalue weighted by Crippen LogP contribution is -2.23. The Hall–Kier alpha value is -3.93. The number of hydrogen-bond donors (Lipinski definition) is 2. The zero-order chi connectivity index (χ0) is 25.2. The van der Waals surface area contributed by atoms with Gasteiger partial charge in [-0.15, -0.1) is 0 Å². The number of nitrogens with one attached hydrogen (secondary N) is 2. The molecule has 182 valence electrons. The highest BCUT2D eigenvalue weighted by Gasteiger charge is 2.29. The van der Waals surface area contributed by atoms with Gasteiger partial charge in [0.25, 0.3) is 5.91 Å². The van der Waals surface area contributed by atoms with E-state index in [0.29, 0.717) is 23.4 Å². The van der Waals surface area contributed by atoms with Gasteiger partial charge in [-0.1, -0.05) is 12.1 Å². The van der Waals surface area contributed by atoms with Crippen LogP contribution in [0.3, 0.4) is 0 Å². The summed E-state index contributed by atoms with van der Waals surface area (Å²) in [6.07, 6.45) is -1.45. The third-order valence-electron chi connectivity index (χ3n) is 4.91. The van der Waals surface area contributed by atoms with Gasteiger partial charge in [-0.2, -0.15) is 13.2 Å². The Labute approximate surface area is 196 Å². The third-order valence-corrected chi connectivity index (χ3v) is 6.66. The molecule has 2 N–H and O–H groups in total. The molecule has 12 heteroatoms. The number of halogens is 4. The van der Waals surface area contributed by atoms with E-state index in [1.165, 1.54) is 24.3 Å². The van der Waals surface area contributed by atoms with Crippen LogP contribution in [0.4, 0.5) is 17.6 Å². The Morgan fingerprint density at radius 2 is 1.77 bits per heavy atom. The number of benzene rings is 2. The normalized spacial score (nSPS) is 12.0. The molecule has 0 bridgehead atoms. The average molecular weight is 507 g/mol. The quantitative estimate of drug-likeness (QED) is 0.361. The average Bonchev–Trinajstić information content (AvgIpc) is 3.25. The summed E-state index contributed by atoms with van der Waals surface area (Å²) in [7, 11) is -4.24. The van der Waals surface area contributed by atoms with Crippen LogP contribution in [0, 0.1) is 5.82 Å². The SMILES string of the molecule is O=C(NCc1ccc(S(=O)(=O)c2cc(F)cc(OCC(F)(F)F)c2)cc1)c1cc2cnccc2[nH]1. The molecule has 2 heterocycles. The standard InChI is InChI=1S/C23H17F4N3O4S/c24-16-8-17(34-13-23(25,26)27)10-19(9-16)35(32,33)18-3-1-14(2-4-18)11-29-22(31)21-7-15-12-28-6-5-20(15)30-21/h1-10,12,30H,11,13H2,(H,29,31). The van der Waals surface area contributed by atoms with Gasteiger partial charge >= 0.3 is 6.18 Å². The second-order valence-electron chi connectivity index (χ2n) is 7.50. The van der Waals surface area contributed by atoms with E-state index in [2.05, 4.69) is 20.0 Å². The monoisotopic (exact) mass is 507 g/mol. The molecule has 0 fully saturated rings. The van der Waals surface area contributed by atoms with Crippen LogP contribution in [-0.2, 0) is 16.4 Å². The molecule has 0 aliphatic carbocycles. The summed E-state index contributed by atoms with van der Waals surface area (Å²) in [4.78, 5) is 18.6. The van der Waals surface area contributed by atoms with Crippen molar-refractivity contribution in [2.24, 2.45) is 0 Å². The largest absolute Gasteiger partial charge is 0.484 e. The predicted octanol–water partition coefficient (Wildman–Crippen LogP) is 4.41. The zero-order valence-corrected chi connectivity index (χ0v) is 18.6. The molecule has 1 amide bonds. The number of carbonyl (C=O) groups excluding carboxylic acids is 1. The summed E-state index contributed by atoms with van der Waals surface area (Å²) in [5.41, 5.74) is 1.68. The minimum absolute atomic E-state index is 0.0994. The third kappa shape index (κ3) is 5.77. The van der Waals surface area contributed by atoms with E-state index >= 15 is 0 Å². The Bertz CT molecular complexity index is 1450. The Morgan fingerprint density at radius 1 is 1.03 bits per heavy atom. The van der Waals surface area contributed by atoms with Crippen molar-refractivity contribution in [3.63, 3.8) is 0 Å². The van der Waals surface area contributed by atoms with Crippen molar-refractivity contribution < 1.29 is 35.5 Å². The molecule has 4 aromatic rings. The predicted molar refractivity (Wildman–Crippen MR) is 117 cm³/mol. The van der Waals surface area contributed by atoms with E-state index in [0.717, 1.165) is 17.0 Å². The number of pyridine rings is 1. The molecule has 7 nitrogen and oxygen atoms in total. The van der Waals surface area contributed by atoms with Gasteiger partial charge in [0, 0.05) is 35.9 Å². The van der Waals surface area contributed by atoms with Crippen LogP contribution in [0.5, 0.6) is 5.75 Å². The first-order valence-corrected chi connectivity index (χ1v) is 11.5. The van der Waals surface area contributed by atoms with Crippen LogP contribution >= 0.6 is 0 Å². The fourth-order valence-electron chi connectivity index (χ4n) is 3.24.